The van der Waals surface area contributed by atoms with Crippen molar-refractivity contribution in [3.05, 3.63) is 29.8 Å². The Morgan fingerprint density at radius 2 is 1.90 bits per heavy atom. The number of thioether (sulfide) groups is 1. The van der Waals surface area contributed by atoms with Gasteiger partial charge in [-0.3, -0.25) is 4.79 Å². The number of nitrogens with zero attached hydrogens (tertiary/aromatic N) is 2. The molecule has 0 bridgehead atoms. The molecule has 0 aliphatic carbocycles. The minimum absolute atomic E-state index is 0.0638. The van der Waals surface area contributed by atoms with E-state index in [4.69, 9.17) is 5.73 Å². The van der Waals surface area contributed by atoms with E-state index in [0.29, 0.717) is 15.4 Å². The maximum atomic E-state index is 12.1. The summed E-state index contributed by atoms with van der Waals surface area (Å²) in [7, 11) is 0. The quantitative estimate of drug-likeness (QED) is 0.825. The fourth-order valence-electron chi connectivity index (χ4n) is 1.67. The summed E-state index contributed by atoms with van der Waals surface area (Å²) in [5, 5.41) is 10.7. The van der Waals surface area contributed by atoms with E-state index < -0.39 is 0 Å². The average Bonchev–Trinajstić information content (AvgIpc) is 2.84. The zero-order valence-corrected chi connectivity index (χ0v) is 13.8. The molecule has 112 valence electrons. The molecule has 0 saturated carbocycles. The lowest BCUT2D eigenvalue weighted by molar-refractivity contribution is -0.115. The summed E-state index contributed by atoms with van der Waals surface area (Å²) < 4.78 is 0.699. The highest BCUT2D eigenvalue weighted by atomic mass is 32.2. The molecule has 1 amide bonds. The lowest BCUT2D eigenvalue weighted by atomic mass is 10.0. The van der Waals surface area contributed by atoms with Gasteiger partial charge in [0.15, 0.2) is 4.34 Å². The number of carbonyl (C=O) groups is 1. The van der Waals surface area contributed by atoms with Crippen LogP contribution in [0.2, 0.25) is 0 Å². The van der Waals surface area contributed by atoms with Gasteiger partial charge in [0.2, 0.25) is 11.0 Å². The maximum Gasteiger partial charge on any atom is 0.237 e. The van der Waals surface area contributed by atoms with Crippen molar-refractivity contribution in [2.45, 2.75) is 36.3 Å². The van der Waals surface area contributed by atoms with E-state index in [2.05, 4.69) is 29.4 Å². The minimum atomic E-state index is -0.262. The summed E-state index contributed by atoms with van der Waals surface area (Å²) in [6, 6.07) is 7.91. The Morgan fingerprint density at radius 3 is 2.43 bits per heavy atom. The van der Waals surface area contributed by atoms with Crippen LogP contribution in [0.1, 0.15) is 32.3 Å². The minimum Gasteiger partial charge on any atom is -0.374 e. The Balaban J connectivity index is 1.93. The van der Waals surface area contributed by atoms with Gasteiger partial charge in [-0.2, -0.15) is 0 Å². The summed E-state index contributed by atoms with van der Waals surface area (Å²) in [6.45, 7) is 6.11. The van der Waals surface area contributed by atoms with E-state index in [1.165, 1.54) is 28.7 Å². The second-order valence-corrected chi connectivity index (χ2v) is 7.53. The van der Waals surface area contributed by atoms with Gasteiger partial charge in [-0.25, -0.2) is 0 Å². The Bertz CT molecular complexity index is 610. The standard InChI is InChI=1S/C14H18N4OS2/c1-8(2)10-4-6-11(7-5-10)16-12(19)9(3)20-14-18-17-13(15)21-14/h4-9H,1-3H3,(H2,15,17)(H,16,19). The van der Waals surface area contributed by atoms with Crippen molar-refractivity contribution < 1.29 is 4.79 Å². The normalized spacial score (nSPS) is 12.4. The van der Waals surface area contributed by atoms with E-state index in [0.717, 1.165) is 5.69 Å². The number of nitrogens with one attached hydrogen (secondary N) is 1. The number of amides is 1. The SMILES string of the molecule is CC(Sc1nnc(N)s1)C(=O)Nc1ccc(C(C)C)cc1. The average molecular weight is 322 g/mol. The Morgan fingerprint density at radius 1 is 1.24 bits per heavy atom. The Kier molecular flexibility index (Phi) is 5.19. The molecular weight excluding hydrogens is 304 g/mol. The van der Waals surface area contributed by atoms with Crippen LogP contribution >= 0.6 is 23.1 Å². The highest BCUT2D eigenvalue weighted by Gasteiger charge is 2.17. The molecule has 1 heterocycles. The lowest BCUT2D eigenvalue weighted by Gasteiger charge is -2.11. The molecule has 0 spiro atoms. The molecule has 7 heteroatoms. The summed E-state index contributed by atoms with van der Waals surface area (Å²) >= 11 is 2.64. The maximum absolute atomic E-state index is 12.1. The number of rotatable bonds is 5. The van der Waals surface area contributed by atoms with Gasteiger partial charge < -0.3 is 11.1 Å². The molecule has 0 saturated heterocycles. The van der Waals surface area contributed by atoms with E-state index in [1.54, 1.807) is 0 Å². The molecule has 2 rings (SSSR count). The third-order valence-electron chi connectivity index (χ3n) is 2.91. The van der Waals surface area contributed by atoms with Gasteiger partial charge in [-0.05, 0) is 30.5 Å². The molecule has 3 N–H and O–H groups in total. The number of nitrogens with two attached hydrogens (primary N) is 1. The molecule has 5 nitrogen and oxygen atoms in total. The molecule has 21 heavy (non-hydrogen) atoms. The van der Waals surface area contributed by atoms with Gasteiger partial charge in [-0.1, -0.05) is 49.1 Å². The van der Waals surface area contributed by atoms with E-state index in [9.17, 15) is 4.79 Å². The van der Waals surface area contributed by atoms with Crippen LogP contribution in [0.5, 0.6) is 0 Å². The topological polar surface area (TPSA) is 80.9 Å². The summed E-state index contributed by atoms with van der Waals surface area (Å²) in [6.07, 6.45) is 0. The zero-order chi connectivity index (χ0) is 15.4. The number of anilines is 2. The predicted molar refractivity (Wildman–Crippen MR) is 88.8 cm³/mol. The first kappa shape index (κ1) is 15.8. The fraction of sp³-hybridized carbons (Fsp3) is 0.357. The number of hydrogen-bond acceptors (Lipinski definition) is 6. The van der Waals surface area contributed by atoms with Crippen LogP contribution in [0.4, 0.5) is 10.8 Å². The molecule has 1 aromatic carbocycles. The second-order valence-electron chi connectivity index (χ2n) is 4.93. The molecular formula is C14H18N4OS2. The van der Waals surface area contributed by atoms with E-state index in [1.807, 2.05) is 31.2 Å². The van der Waals surface area contributed by atoms with Gasteiger partial charge in [0.1, 0.15) is 0 Å². The third kappa shape index (κ3) is 4.44. The summed E-state index contributed by atoms with van der Waals surface area (Å²) in [5.41, 5.74) is 7.57. The first-order valence-corrected chi connectivity index (χ1v) is 8.32. The molecule has 1 atom stereocenters. The van der Waals surface area contributed by atoms with E-state index in [-0.39, 0.29) is 11.2 Å². The number of aromatic nitrogens is 2. The highest BCUT2D eigenvalue weighted by Crippen LogP contribution is 2.28. The van der Waals surface area contributed by atoms with E-state index >= 15 is 0 Å². The van der Waals surface area contributed by atoms with Crippen LogP contribution < -0.4 is 11.1 Å². The first-order chi connectivity index (χ1) is 9.95. The number of carbonyl (C=O) groups excluding carboxylic acids is 1. The molecule has 0 aliphatic rings. The third-order valence-corrected chi connectivity index (χ3v) is 4.85. The summed E-state index contributed by atoms with van der Waals surface area (Å²) in [4.78, 5) is 12.1. The highest BCUT2D eigenvalue weighted by molar-refractivity contribution is 8.02. The van der Waals surface area contributed by atoms with Crippen LogP contribution in [0, 0.1) is 0 Å². The van der Waals surface area contributed by atoms with Crippen molar-refractivity contribution in [1.29, 1.82) is 0 Å². The van der Waals surface area contributed by atoms with Gasteiger partial charge in [-0.15, -0.1) is 10.2 Å². The molecule has 0 fully saturated rings. The van der Waals surface area contributed by atoms with Crippen molar-refractivity contribution in [2.75, 3.05) is 11.1 Å². The summed E-state index contributed by atoms with van der Waals surface area (Å²) in [5.74, 6) is 0.415. The van der Waals surface area contributed by atoms with Crippen LogP contribution in [0.3, 0.4) is 0 Å². The van der Waals surface area contributed by atoms with Gasteiger partial charge in [0, 0.05) is 5.69 Å². The Labute approximate surface area is 132 Å². The number of nitrogen functional groups attached to an aromatic ring is 1. The van der Waals surface area contributed by atoms with Crippen molar-refractivity contribution in [1.82, 2.24) is 10.2 Å². The molecule has 2 aromatic rings. The molecule has 0 radical (unpaired) electrons. The van der Waals surface area contributed by atoms with Crippen molar-refractivity contribution in [3.63, 3.8) is 0 Å². The number of benzene rings is 1. The second kappa shape index (κ2) is 6.91. The number of hydrogen-bond donors (Lipinski definition) is 2. The van der Waals surface area contributed by atoms with Crippen molar-refractivity contribution >= 4 is 39.8 Å². The largest absolute Gasteiger partial charge is 0.374 e. The molecule has 1 aromatic heterocycles. The van der Waals surface area contributed by atoms with Gasteiger partial charge >= 0.3 is 0 Å². The zero-order valence-electron chi connectivity index (χ0n) is 12.2. The van der Waals surface area contributed by atoms with Crippen LogP contribution in [0.15, 0.2) is 28.6 Å². The lowest BCUT2D eigenvalue weighted by Crippen LogP contribution is -2.22. The van der Waals surface area contributed by atoms with Crippen LogP contribution in [-0.4, -0.2) is 21.4 Å². The Hall–Kier alpha value is -1.60. The monoisotopic (exact) mass is 322 g/mol. The molecule has 1 unspecified atom stereocenters. The van der Waals surface area contributed by atoms with Crippen LogP contribution in [-0.2, 0) is 4.79 Å². The van der Waals surface area contributed by atoms with Gasteiger partial charge in [0.25, 0.3) is 0 Å². The smallest absolute Gasteiger partial charge is 0.237 e. The first-order valence-electron chi connectivity index (χ1n) is 6.62. The predicted octanol–water partition coefficient (Wildman–Crippen LogP) is 3.36. The molecule has 0 aliphatic heterocycles. The fourth-order valence-corrected chi connectivity index (χ4v) is 3.45. The van der Waals surface area contributed by atoms with Crippen molar-refractivity contribution in [2.24, 2.45) is 0 Å². The van der Waals surface area contributed by atoms with Crippen LogP contribution in [0.25, 0.3) is 0 Å². The van der Waals surface area contributed by atoms with Crippen molar-refractivity contribution in [3.8, 4) is 0 Å². The van der Waals surface area contributed by atoms with Gasteiger partial charge in [0.05, 0.1) is 5.25 Å².